The first-order chi connectivity index (χ1) is 10.1. The van der Waals surface area contributed by atoms with E-state index in [4.69, 9.17) is 0 Å². The minimum atomic E-state index is -0.0389. The molecule has 0 saturated carbocycles. The first-order valence-electron chi connectivity index (χ1n) is 7.02. The molecule has 0 aliphatic carbocycles. The lowest BCUT2D eigenvalue weighted by Crippen LogP contribution is -2.33. The molecule has 2 aromatic rings. The van der Waals surface area contributed by atoms with Crippen LogP contribution < -0.4 is 10.6 Å². The molecule has 0 aromatic heterocycles. The van der Waals surface area contributed by atoms with Crippen molar-refractivity contribution in [2.24, 2.45) is 5.92 Å². The molecule has 0 spiro atoms. The molecule has 21 heavy (non-hydrogen) atoms. The van der Waals surface area contributed by atoms with Crippen LogP contribution in [0.25, 0.3) is 0 Å². The van der Waals surface area contributed by atoms with Crippen LogP contribution in [-0.2, 0) is 11.2 Å². The fourth-order valence-corrected chi connectivity index (χ4v) is 3.10. The zero-order valence-corrected chi connectivity index (χ0v) is 13.4. The maximum Gasteiger partial charge on any atom is 0.229 e. The minimum absolute atomic E-state index is 0.0389. The number of halogens is 1. The fraction of sp³-hybridized carbons (Fsp3) is 0.235. The molecule has 1 aliphatic rings. The number of anilines is 2. The van der Waals surface area contributed by atoms with Gasteiger partial charge < -0.3 is 10.6 Å². The summed E-state index contributed by atoms with van der Waals surface area (Å²) >= 11 is 3.43. The summed E-state index contributed by atoms with van der Waals surface area (Å²) in [6, 6.07) is 14.0. The van der Waals surface area contributed by atoms with Crippen molar-refractivity contribution >= 4 is 33.2 Å². The largest absolute Gasteiger partial charge is 0.384 e. The van der Waals surface area contributed by atoms with Crippen LogP contribution in [0.4, 0.5) is 11.4 Å². The van der Waals surface area contributed by atoms with Crippen molar-refractivity contribution in [3.8, 4) is 0 Å². The van der Waals surface area contributed by atoms with Crippen molar-refractivity contribution in [3.63, 3.8) is 0 Å². The second-order valence-corrected chi connectivity index (χ2v) is 6.30. The third kappa shape index (κ3) is 3.10. The highest BCUT2D eigenvalue weighted by molar-refractivity contribution is 9.10. The molecule has 1 atom stereocenters. The standard InChI is InChI=1S/C17H17BrN2O/c1-11-8-14(18)6-7-15(11)20-17(21)13-9-12-4-2-3-5-16(12)19-10-13/h2-8,13,19H,9-10H2,1H3,(H,20,21). The number of carbonyl (C=O) groups excluding carboxylic acids is 1. The molecule has 2 aromatic carbocycles. The van der Waals surface area contributed by atoms with Gasteiger partial charge in [-0.1, -0.05) is 34.1 Å². The summed E-state index contributed by atoms with van der Waals surface area (Å²) in [5.41, 5.74) is 4.28. The lowest BCUT2D eigenvalue weighted by Gasteiger charge is -2.25. The maximum absolute atomic E-state index is 12.5. The zero-order chi connectivity index (χ0) is 14.8. The minimum Gasteiger partial charge on any atom is -0.384 e. The Labute approximate surface area is 132 Å². The Morgan fingerprint density at radius 2 is 2.10 bits per heavy atom. The van der Waals surface area contributed by atoms with E-state index in [1.165, 1.54) is 5.56 Å². The van der Waals surface area contributed by atoms with Gasteiger partial charge in [0.15, 0.2) is 0 Å². The molecule has 0 fully saturated rings. The van der Waals surface area contributed by atoms with Crippen LogP contribution in [0.5, 0.6) is 0 Å². The average Bonchev–Trinajstić information content (AvgIpc) is 2.49. The quantitative estimate of drug-likeness (QED) is 0.864. The molecule has 1 heterocycles. The van der Waals surface area contributed by atoms with Gasteiger partial charge in [-0.2, -0.15) is 0 Å². The summed E-state index contributed by atoms with van der Waals surface area (Å²) < 4.78 is 1.02. The first-order valence-corrected chi connectivity index (χ1v) is 7.81. The van der Waals surface area contributed by atoms with E-state index in [-0.39, 0.29) is 11.8 Å². The topological polar surface area (TPSA) is 41.1 Å². The first kappa shape index (κ1) is 14.1. The van der Waals surface area contributed by atoms with Crippen LogP contribution >= 0.6 is 15.9 Å². The number of para-hydroxylation sites is 1. The van der Waals surface area contributed by atoms with Gasteiger partial charge in [-0.05, 0) is 48.7 Å². The molecule has 0 saturated heterocycles. The van der Waals surface area contributed by atoms with E-state index in [1.807, 2.05) is 37.3 Å². The Morgan fingerprint density at radius 1 is 1.29 bits per heavy atom. The number of amides is 1. The number of benzene rings is 2. The molecule has 1 amide bonds. The normalized spacial score (nSPS) is 16.8. The van der Waals surface area contributed by atoms with E-state index in [0.717, 1.165) is 27.8 Å². The number of rotatable bonds is 2. The van der Waals surface area contributed by atoms with Gasteiger partial charge in [-0.15, -0.1) is 0 Å². The highest BCUT2D eigenvalue weighted by Crippen LogP contribution is 2.26. The van der Waals surface area contributed by atoms with Crippen LogP contribution in [0, 0.1) is 12.8 Å². The van der Waals surface area contributed by atoms with Gasteiger partial charge in [0.2, 0.25) is 5.91 Å². The predicted octanol–water partition coefficient (Wildman–Crippen LogP) is 3.98. The number of hydrogen-bond donors (Lipinski definition) is 2. The van der Waals surface area contributed by atoms with Crippen LogP contribution in [0.2, 0.25) is 0 Å². The molecule has 0 bridgehead atoms. The molecule has 3 rings (SSSR count). The van der Waals surface area contributed by atoms with Gasteiger partial charge in [0.25, 0.3) is 0 Å². The lowest BCUT2D eigenvalue weighted by molar-refractivity contribution is -0.119. The summed E-state index contributed by atoms with van der Waals surface area (Å²) in [6.45, 7) is 2.67. The predicted molar refractivity (Wildman–Crippen MR) is 89.6 cm³/mol. The van der Waals surface area contributed by atoms with Crippen molar-refractivity contribution in [1.29, 1.82) is 0 Å². The number of aryl methyl sites for hydroxylation is 1. The van der Waals surface area contributed by atoms with E-state index in [9.17, 15) is 4.79 Å². The van der Waals surface area contributed by atoms with Gasteiger partial charge >= 0.3 is 0 Å². The Morgan fingerprint density at radius 3 is 2.90 bits per heavy atom. The zero-order valence-electron chi connectivity index (χ0n) is 11.8. The Balaban J connectivity index is 1.72. The summed E-state index contributed by atoms with van der Waals surface area (Å²) in [7, 11) is 0. The molecule has 1 aliphatic heterocycles. The second kappa shape index (κ2) is 5.90. The van der Waals surface area contributed by atoms with Crippen molar-refractivity contribution in [2.45, 2.75) is 13.3 Å². The van der Waals surface area contributed by atoms with Crippen LogP contribution in [0.1, 0.15) is 11.1 Å². The van der Waals surface area contributed by atoms with Crippen LogP contribution in [-0.4, -0.2) is 12.5 Å². The highest BCUT2D eigenvalue weighted by atomic mass is 79.9. The van der Waals surface area contributed by atoms with Crippen molar-refractivity contribution in [1.82, 2.24) is 0 Å². The highest BCUT2D eigenvalue weighted by Gasteiger charge is 2.24. The molecule has 0 radical (unpaired) electrons. The Hall–Kier alpha value is -1.81. The molecule has 4 heteroatoms. The van der Waals surface area contributed by atoms with Gasteiger partial charge in [0, 0.05) is 22.4 Å². The SMILES string of the molecule is Cc1cc(Br)ccc1NC(=O)C1CNc2ccccc2C1. The molecule has 1 unspecified atom stereocenters. The summed E-state index contributed by atoms with van der Waals surface area (Å²) in [6.07, 6.45) is 0.782. The Bertz CT molecular complexity index is 684. The van der Waals surface area contributed by atoms with E-state index in [0.29, 0.717) is 6.54 Å². The summed E-state index contributed by atoms with van der Waals surface area (Å²) in [5.74, 6) is 0.0328. The van der Waals surface area contributed by atoms with Crippen molar-refractivity contribution in [2.75, 3.05) is 17.2 Å². The van der Waals surface area contributed by atoms with Crippen LogP contribution in [0.15, 0.2) is 46.9 Å². The number of hydrogen-bond acceptors (Lipinski definition) is 2. The summed E-state index contributed by atoms with van der Waals surface area (Å²) in [4.78, 5) is 12.5. The van der Waals surface area contributed by atoms with Gasteiger partial charge in [0.05, 0.1) is 5.92 Å². The number of fused-ring (bicyclic) bond motifs is 1. The average molecular weight is 345 g/mol. The second-order valence-electron chi connectivity index (χ2n) is 5.39. The Kier molecular flexibility index (Phi) is 3.97. The van der Waals surface area contributed by atoms with Gasteiger partial charge in [0.1, 0.15) is 0 Å². The lowest BCUT2D eigenvalue weighted by atomic mass is 9.93. The van der Waals surface area contributed by atoms with Gasteiger partial charge in [-0.3, -0.25) is 4.79 Å². The maximum atomic E-state index is 12.5. The molecule has 3 nitrogen and oxygen atoms in total. The molecular formula is C17H17BrN2O. The van der Waals surface area contributed by atoms with Crippen molar-refractivity contribution in [3.05, 3.63) is 58.1 Å². The van der Waals surface area contributed by atoms with Crippen LogP contribution in [0.3, 0.4) is 0 Å². The molecule has 108 valence electrons. The van der Waals surface area contributed by atoms with E-state index in [1.54, 1.807) is 0 Å². The van der Waals surface area contributed by atoms with Gasteiger partial charge in [-0.25, -0.2) is 0 Å². The molecule has 2 N–H and O–H groups in total. The van der Waals surface area contributed by atoms with E-state index >= 15 is 0 Å². The third-order valence-electron chi connectivity index (χ3n) is 3.84. The van der Waals surface area contributed by atoms with Crippen molar-refractivity contribution < 1.29 is 4.79 Å². The number of carbonyl (C=O) groups is 1. The fourth-order valence-electron chi connectivity index (χ4n) is 2.63. The number of nitrogens with one attached hydrogen (secondary N) is 2. The van der Waals surface area contributed by atoms with E-state index in [2.05, 4.69) is 38.7 Å². The monoisotopic (exact) mass is 344 g/mol. The molecular weight excluding hydrogens is 328 g/mol. The van der Waals surface area contributed by atoms with E-state index < -0.39 is 0 Å². The third-order valence-corrected chi connectivity index (χ3v) is 4.33. The summed E-state index contributed by atoms with van der Waals surface area (Å²) in [5, 5.41) is 6.37. The smallest absolute Gasteiger partial charge is 0.229 e.